The molecule has 1 aromatic rings. The van der Waals surface area contributed by atoms with Crippen molar-refractivity contribution in [1.29, 1.82) is 0 Å². The summed E-state index contributed by atoms with van der Waals surface area (Å²) in [5.74, 6) is 4.66. The number of ketones is 1. The van der Waals surface area contributed by atoms with E-state index in [1.54, 1.807) is 13.1 Å². The molecule has 2 heterocycles. The van der Waals surface area contributed by atoms with Gasteiger partial charge in [0, 0.05) is 31.4 Å². The van der Waals surface area contributed by atoms with Gasteiger partial charge in [-0.15, -0.1) is 0 Å². The molecule has 0 aromatic carbocycles. The first-order valence-corrected chi connectivity index (χ1v) is 7.45. The lowest BCUT2D eigenvalue weighted by Crippen LogP contribution is -2.36. The second kappa shape index (κ2) is 7.60. The van der Waals surface area contributed by atoms with Crippen LogP contribution in [-0.4, -0.2) is 34.9 Å². The van der Waals surface area contributed by atoms with E-state index in [1.165, 1.54) is 0 Å². The molecular weight excluding hydrogens is 280 g/mol. The molecule has 116 valence electrons. The monoisotopic (exact) mass is 300 g/mol. The van der Waals surface area contributed by atoms with Crippen LogP contribution in [0.15, 0.2) is 18.3 Å². The number of hydrogen-bond acceptors (Lipinski definition) is 4. The summed E-state index contributed by atoms with van der Waals surface area (Å²) < 4.78 is 0. The molecule has 0 aliphatic carbocycles. The van der Waals surface area contributed by atoms with Crippen LogP contribution in [-0.2, 0) is 16.0 Å². The first-order chi connectivity index (χ1) is 10.6. The van der Waals surface area contributed by atoms with E-state index in [1.807, 2.05) is 12.1 Å². The van der Waals surface area contributed by atoms with Crippen molar-refractivity contribution < 1.29 is 14.7 Å². The number of carboxylic acids is 1. The molecule has 1 aliphatic heterocycles. The number of pyridine rings is 1. The largest absolute Gasteiger partial charge is 0.481 e. The molecule has 0 radical (unpaired) electrons. The number of piperidine rings is 1. The zero-order chi connectivity index (χ0) is 15.9. The predicted molar refractivity (Wildman–Crippen MR) is 83.6 cm³/mol. The van der Waals surface area contributed by atoms with Crippen LogP contribution in [0.2, 0.25) is 0 Å². The highest BCUT2D eigenvalue weighted by atomic mass is 16.4. The Morgan fingerprint density at radius 1 is 1.50 bits per heavy atom. The van der Waals surface area contributed by atoms with Gasteiger partial charge in [-0.1, -0.05) is 5.92 Å². The smallest absolute Gasteiger partial charge is 0.309 e. The molecule has 0 amide bonds. The highest BCUT2D eigenvalue weighted by Crippen LogP contribution is 2.25. The van der Waals surface area contributed by atoms with Gasteiger partial charge in [-0.25, -0.2) is 0 Å². The molecule has 5 nitrogen and oxygen atoms in total. The van der Waals surface area contributed by atoms with E-state index in [2.05, 4.69) is 21.7 Å². The van der Waals surface area contributed by atoms with Gasteiger partial charge in [-0.2, -0.15) is 0 Å². The SMILES string of the molecule is CC#CC(=O)C[C@@H]1CCCN(c2ccnc(CC(=O)O)c2)C1. The van der Waals surface area contributed by atoms with Crippen molar-refractivity contribution in [3.63, 3.8) is 0 Å². The highest BCUT2D eigenvalue weighted by Gasteiger charge is 2.22. The Morgan fingerprint density at radius 2 is 2.32 bits per heavy atom. The van der Waals surface area contributed by atoms with E-state index >= 15 is 0 Å². The summed E-state index contributed by atoms with van der Waals surface area (Å²) in [5.41, 5.74) is 1.53. The lowest BCUT2D eigenvalue weighted by Gasteiger charge is -2.34. The van der Waals surface area contributed by atoms with Crippen LogP contribution >= 0.6 is 0 Å². The predicted octanol–water partition coefficient (Wildman–Crippen LogP) is 1.91. The van der Waals surface area contributed by atoms with Crippen LogP contribution in [0.4, 0.5) is 5.69 Å². The zero-order valence-corrected chi connectivity index (χ0v) is 12.7. The van der Waals surface area contributed by atoms with Crippen molar-refractivity contribution in [1.82, 2.24) is 4.98 Å². The number of carboxylic acid groups (broad SMARTS) is 1. The van der Waals surface area contributed by atoms with Crippen LogP contribution < -0.4 is 4.90 Å². The third-order valence-corrected chi connectivity index (χ3v) is 3.76. The maximum atomic E-state index is 11.7. The number of nitrogens with zero attached hydrogens (tertiary/aromatic N) is 2. The lowest BCUT2D eigenvalue weighted by atomic mass is 9.92. The van der Waals surface area contributed by atoms with Crippen molar-refractivity contribution in [2.24, 2.45) is 5.92 Å². The average molecular weight is 300 g/mol. The van der Waals surface area contributed by atoms with Gasteiger partial charge >= 0.3 is 5.97 Å². The quantitative estimate of drug-likeness (QED) is 0.664. The van der Waals surface area contributed by atoms with Gasteiger partial charge in [0.15, 0.2) is 0 Å². The number of aromatic nitrogens is 1. The molecule has 1 aromatic heterocycles. The molecule has 0 spiro atoms. The Morgan fingerprint density at radius 3 is 3.05 bits per heavy atom. The van der Waals surface area contributed by atoms with Gasteiger partial charge in [-0.3, -0.25) is 14.6 Å². The van der Waals surface area contributed by atoms with Crippen LogP contribution in [0.1, 0.15) is 31.9 Å². The summed E-state index contributed by atoms with van der Waals surface area (Å²) in [4.78, 5) is 28.7. The Hall–Kier alpha value is -2.35. The summed E-state index contributed by atoms with van der Waals surface area (Å²) >= 11 is 0. The summed E-state index contributed by atoms with van der Waals surface area (Å²) in [6.45, 7) is 3.39. The third-order valence-electron chi connectivity index (χ3n) is 3.76. The molecule has 22 heavy (non-hydrogen) atoms. The van der Waals surface area contributed by atoms with Crippen molar-refractivity contribution in [3.8, 4) is 11.8 Å². The molecule has 1 saturated heterocycles. The summed E-state index contributed by atoms with van der Waals surface area (Å²) in [6.07, 6.45) is 4.11. The second-order valence-corrected chi connectivity index (χ2v) is 5.53. The van der Waals surface area contributed by atoms with Crippen molar-refractivity contribution >= 4 is 17.4 Å². The first kappa shape index (κ1) is 16.0. The Bertz CT molecular complexity index is 616. The third kappa shape index (κ3) is 4.59. The number of aliphatic carboxylic acids is 1. The van der Waals surface area contributed by atoms with Gasteiger partial charge in [-0.05, 0) is 43.7 Å². The minimum Gasteiger partial charge on any atom is -0.481 e. The van der Waals surface area contributed by atoms with Gasteiger partial charge in [0.05, 0.1) is 12.1 Å². The highest BCUT2D eigenvalue weighted by molar-refractivity contribution is 5.95. The molecular formula is C17H20N2O3. The molecule has 0 unspecified atom stereocenters. The standard InChI is InChI=1S/C17H20N2O3/c1-2-4-16(20)9-13-5-3-8-19(12-13)15-6-7-18-14(10-15)11-17(21)22/h6-7,10,13H,3,5,8-9,11-12H2,1H3,(H,21,22)/t13-/m0/s1. The van der Waals surface area contributed by atoms with Gasteiger partial charge in [0.25, 0.3) is 0 Å². The van der Waals surface area contributed by atoms with Crippen molar-refractivity contribution in [3.05, 3.63) is 24.0 Å². The summed E-state index contributed by atoms with van der Waals surface area (Å²) in [7, 11) is 0. The average Bonchev–Trinajstić information content (AvgIpc) is 2.47. The van der Waals surface area contributed by atoms with E-state index in [0.29, 0.717) is 18.0 Å². The molecule has 1 N–H and O–H groups in total. The second-order valence-electron chi connectivity index (χ2n) is 5.53. The number of carbonyl (C=O) groups is 2. The maximum absolute atomic E-state index is 11.7. The van der Waals surface area contributed by atoms with Gasteiger partial charge < -0.3 is 10.0 Å². The molecule has 0 saturated carbocycles. The van der Waals surface area contributed by atoms with Crippen LogP contribution in [0, 0.1) is 17.8 Å². The fourth-order valence-corrected chi connectivity index (χ4v) is 2.83. The summed E-state index contributed by atoms with van der Waals surface area (Å²) in [5, 5.41) is 8.86. The van der Waals surface area contributed by atoms with E-state index in [-0.39, 0.29) is 12.2 Å². The van der Waals surface area contributed by atoms with Crippen LogP contribution in [0.5, 0.6) is 0 Å². The minimum absolute atomic E-state index is 0.00403. The minimum atomic E-state index is -0.884. The summed E-state index contributed by atoms with van der Waals surface area (Å²) in [6, 6.07) is 3.71. The number of anilines is 1. The van der Waals surface area contributed by atoms with Crippen LogP contribution in [0.25, 0.3) is 0 Å². The molecule has 1 atom stereocenters. The van der Waals surface area contributed by atoms with E-state index in [9.17, 15) is 9.59 Å². The topological polar surface area (TPSA) is 70.5 Å². The number of rotatable bonds is 5. The number of hydrogen-bond donors (Lipinski definition) is 1. The molecule has 2 rings (SSSR count). The van der Waals surface area contributed by atoms with E-state index in [0.717, 1.165) is 31.6 Å². The first-order valence-electron chi connectivity index (χ1n) is 7.45. The molecule has 0 bridgehead atoms. The van der Waals surface area contributed by atoms with Gasteiger partial charge in [0.2, 0.25) is 5.78 Å². The fraction of sp³-hybridized carbons (Fsp3) is 0.471. The Balaban J connectivity index is 2.03. The molecule has 5 heteroatoms. The van der Waals surface area contributed by atoms with Crippen molar-refractivity contribution in [2.45, 2.75) is 32.6 Å². The number of Topliss-reactive ketones (excluding diaryl/α,β-unsaturated/α-hetero) is 1. The fourth-order valence-electron chi connectivity index (χ4n) is 2.83. The zero-order valence-electron chi connectivity index (χ0n) is 12.7. The Labute approximate surface area is 130 Å². The van der Waals surface area contributed by atoms with Crippen LogP contribution in [0.3, 0.4) is 0 Å². The van der Waals surface area contributed by atoms with E-state index < -0.39 is 5.97 Å². The van der Waals surface area contributed by atoms with E-state index in [4.69, 9.17) is 5.11 Å². The van der Waals surface area contributed by atoms with Crippen molar-refractivity contribution in [2.75, 3.05) is 18.0 Å². The van der Waals surface area contributed by atoms with Gasteiger partial charge in [0.1, 0.15) is 0 Å². The lowest BCUT2D eigenvalue weighted by molar-refractivity contribution is -0.136. The number of carbonyl (C=O) groups excluding carboxylic acids is 1. The molecule has 1 aliphatic rings. The normalized spacial score (nSPS) is 17.5. The molecule has 1 fully saturated rings. The Kier molecular flexibility index (Phi) is 5.54. The maximum Gasteiger partial charge on any atom is 0.309 e.